The summed E-state index contributed by atoms with van der Waals surface area (Å²) < 4.78 is 5.63. The number of amides is 1. The molecule has 6 heteroatoms. The molecule has 20 heavy (non-hydrogen) atoms. The Balaban J connectivity index is 1.84. The van der Waals surface area contributed by atoms with Crippen molar-refractivity contribution in [3.63, 3.8) is 0 Å². The van der Waals surface area contributed by atoms with E-state index in [1.165, 1.54) is 18.4 Å². The summed E-state index contributed by atoms with van der Waals surface area (Å²) in [5, 5.41) is 2.86. The van der Waals surface area contributed by atoms with Crippen LogP contribution in [0.15, 0.2) is 6.20 Å². The van der Waals surface area contributed by atoms with Gasteiger partial charge in [0.1, 0.15) is 11.2 Å². The molecule has 0 aromatic carbocycles. The average molecular weight is 295 g/mol. The summed E-state index contributed by atoms with van der Waals surface area (Å²) in [6.07, 6.45) is 4.60. The van der Waals surface area contributed by atoms with E-state index in [0.717, 1.165) is 12.2 Å². The highest BCUT2D eigenvalue weighted by Gasteiger charge is 2.37. The number of H-pyrrole nitrogens is 1. The number of carbonyl (C=O) groups is 1. The maximum atomic E-state index is 12.0. The summed E-state index contributed by atoms with van der Waals surface area (Å²) >= 11 is 4.50. The van der Waals surface area contributed by atoms with Crippen LogP contribution in [-0.2, 0) is 4.74 Å². The van der Waals surface area contributed by atoms with Gasteiger partial charge in [-0.05, 0) is 38.2 Å². The summed E-state index contributed by atoms with van der Waals surface area (Å²) in [6, 6.07) is 0. The second-order valence-electron chi connectivity index (χ2n) is 5.70. The van der Waals surface area contributed by atoms with Crippen LogP contribution < -0.4 is 10.2 Å². The number of thiol groups is 1. The number of fused-ring (bicyclic) bond motifs is 1. The molecule has 5 nitrogen and oxygen atoms in total. The zero-order chi connectivity index (χ0) is 14.3. The first-order chi connectivity index (χ1) is 9.58. The molecule has 0 saturated heterocycles. The van der Waals surface area contributed by atoms with Gasteiger partial charge < -0.3 is 19.9 Å². The van der Waals surface area contributed by atoms with E-state index in [2.05, 4.69) is 27.8 Å². The van der Waals surface area contributed by atoms with Crippen LogP contribution in [0.4, 0.5) is 5.69 Å². The van der Waals surface area contributed by atoms with Crippen molar-refractivity contribution in [1.82, 2.24) is 10.3 Å². The summed E-state index contributed by atoms with van der Waals surface area (Å²) in [7, 11) is 0. The third-order valence-electron chi connectivity index (χ3n) is 3.75. The van der Waals surface area contributed by atoms with E-state index in [9.17, 15) is 4.79 Å². The molecule has 2 aliphatic rings. The second kappa shape index (κ2) is 5.33. The topological polar surface area (TPSA) is 57.4 Å². The lowest BCUT2D eigenvalue weighted by Gasteiger charge is -2.35. The predicted molar refractivity (Wildman–Crippen MR) is 81.4 cm³/mol. The molecular formula is C14H21N3O2S. The van der Waals surface area contributed by atoms with Crippen LogP contribution in [-0.4, -0.2) is 35.6 Å². The number of ether oxygens (including phenoxy) is 1. The lowest BCUT2D eigenvalue weighted by molar-refractivity contribution is 0.0817. The number of hydrogen-bond donors (Lipinski definition) is 3. The molecule has 0 bridgehead atoms. The van der Waals surface area contributed by atoms with Crippen molar-refractivity contribution in [1.29, 1.82) is 0 Å². The van der Waals surface area contributed by atoms with Gasteiger partial charge in [-0.15, -0.1) is 12.6 Å². The van der Waals surface area contributed by atoms with E-state index in [1.54, 1.807) is 0 Å². The SMILES string of the molecule is CC(C)OCCN1c2c(C3CC3)c[nH]c2C(=O)NC1S. The van der Waals surface area contributed by atoms with Gasteiger partial charge in [0.2, 0.25) is 0 Å². The molecule has 1 aliphatic carbocycles. The third kappa shape index (κ3) is 2.54. The van der Waals surface area contributed by atoms with Gasteiger partial charge >= 0.3 is 0 Å². The Morgan fingerprint density at radius 1 is 1.50 bits per heavy atom. The van der Waals surface area contributed by atoms with E-state index in [-0.39, 0.29) is 17.5 Å². The number of nitrogens with zero attached hydrogens (tertiary/aromatic N) is 1. The van der Waals surface area contributed by atoms with Gasteiger partial charge in [-0.3, -0.25) is 4.79 Å². The molecule has 2 N–H and O–H groups in total. The van der Waals surface area contributed by atoms with Gasteiger partial charge in [0, 0.05) is 12.7 Å². The van der Waals surface area contributed by atoms with E-state index in [0.29, 0.717) is 18.2 Å². The van der Waals surface area contributed by atoms with E-state index in [1.807, 2.05) is 20.0 Å². The summed E-state index contributed by atoms with van der Waals surface area (Å²) in [6.45, 7) is 5.39. The number of anilines is 1. The highest BCUT2D eigenvalue weighted by Crippen LogP contribution is 2.46. The molecule has 1 fully saturated rings. The van der Waals surface area contributed by atoms with Crippen LogP contribution >= 0.6 is 12.6 Å². The molecule has 1 amide bonds. The molecule has 1 unspecified atom stereocenters. The van der Waals surface area contributed by atoms with Gasteiger partial charge in [-0.2, -0.15) is 0 Å². The van der Waals surface area contributed by atoms with Gasteiger partial charge in [0.15, 0.2) is 0 Å². The number of nitrogens with one attached hydrogen (secondary N) is 2. The standard InChI is InChI=1S/C14H21N3O2S/c1-8(2)19-6-5-17-12-10(9-3-4-9)7-15-11(12)13(18)16-14(17)20/h7-9,14-15,20H,3-6H2,1-2H3,(H,16,18). The van der Waals surface area contributed by atoms with Crippen LogP contribution in [0.2, 0.25) is 0 Å². The first-order valence-electron chi connectivity index (χ1n) is 7.16. The number of aromatic amines is 1. The maximum Gasteiger partial charge on any atom is 0.272 e. The van der Waals surface area contributed by atoms with Crippen LogP contribution in [0.1, 0.15) is 48.7 Å². The highest BCUT2D eigenvalue weighted by molar-refractivity contribution is 7.81. The fourth-order valence-corrected chi connectivity index (χ4v) is 2.98. The Morgan fingerprint density at radius 3 is 2.90 bits per heavy atom. The number of hydrogen-bond acceptors (Lipinski definition) is 4. The summed E-state index contributed by atoms with van der Waals surface area (Å²) in [5.74, 6) is 0.517. The normalized spacial score (nSPS) is 22.1. The molecule has 0 spiro atoms. The molecular weight excluding hydrogens is 274 g/mol. The predicted octanol–water partition coefficient (Wildman–Crippen LogP) is 2.08. The smallest absolute Gasteiger partial charge is 0.272 e. The van der Waals surface area contributed by atoms with Crippen LogP contribution in [0.5, 0.6) is 0 Å². The first kappa shape index (κ1) is 13.8. The van der Waals surface area contributed by atoms with Crippen molar-refractivity contribution in [2.75, 3.05) is 18.1 Å². The van der Waals surface area contributed by atoms with Crippen molar-refractivity contribution in [2.24, 2.45) is 0 Å². The Kier molecular flexibility index (Phi) is 3.69. The Morgan fingerprint density at radius 2 is 2.25 bits per heavy atom. The van der Waals surface area contributed by atoms with E-state index in [4.69, 9.17) is 4.74 Å². The van der Waals surface area contributed by atoms with Gasteiger partial charge in [-0.1, -0.05) is 0 Å². The Labute approximate surface area is 124 Å². The van der Waals surface area contributed by atoms with Crippen LogP contribution in [0.25, 0.3) is 0 Å². The second-order valence-corrected chi connectivity index (χ2v) is 6.19. The average Bonchev–Trinajstić information content (AvgIpc) is 3.12. The molecule has 3 rings (SSSR count). The van der Waals surface area contributed by atoms with Crippen molar-refractivity contribution < 1.29 is 9.53 Å². The van der Waals surface area contributed by atoms with Crippen molar-refractivity contribution in [2.45, 2.75) is 44.2 Å². The molecule has 1 atom stereocenters. The Bertz CT molecular complexity index is 511. The van der Waals surface area contributed by atoms with Crippen molar-refractivity contribution in [3.05, 3.63) is 17.5 Å². The fourth-order valence-electron chi connectivity index (χ4n) is 2.63. The third-order valence-corrected chi connectivity index (χ3v) is 4.16. The van der Waals surface area contributed by atoms with E-state index >= 15 is 0 Å². The highest BCUT2D eigenvalue weighted by atomic mass is 32.1. The number of aromatic nitrogens is 1. The fraction of sp³-hybridized carbons (Fsp3) is 0.643. The number of carbonyl (C=O) groups excluding carboxylic acids is 1. The number of rotatable bonds is 5. The quantitative estimate of drug-likeness (QED) is 0.729. The molecule has 1 aromatic heterocycles. The molecule has 2 heterocycles. The molecule has 1 saturated carbocycles. The first-order valence-corrected chi connectivity index (χ1v) is 7.68. The summed E-state index contributed by atoms with van der Waals surface area (Å²) in [5.41, 5.74) is 2.63. The molecule has 110 valence electrons. The van der Waals surface area contributed by atoms with Crippen molar-refractivity contribution >= 4 is 24.2 Å². The molecule has 0 radical (unpaired) electrons. The van der Waals surface area contributed by atoms with Crippen LogP contribution in [0, 0.1) is 0 Å². The minimum Gasteiger partial charge on any atom is -0.377 e. The molecule has 1 aliphatic heterocycles. The zero-order valence-electron chi connectivity index (χ0n) is 11.8. The van der Waals surface area contributed by atoms with Gasteiger partial charge in [0.25, 0.3) is 5.91 Å². The largest absolute Gasteiger partial charge is 0.377 e. The minimum absolute atomic E-state index is 0.0760. The van der Waals surface area contributed by atoms with Gasteiger partial charge in [-0.25, -0.2) is 0 Å². The lowest BCUT2D eigenvalue weighted by Crippen LogP contribution is -2.51. The Hall–Kier alpha value is -1.14. The van der Waals surface area contributed by atoms with Crippen LogP contribution in [0.3, 0.4) is 0 Å². The van der Waals surface area contributed by atoms with Gasteiger partial charge in [0.05, 0.1) is 18.4 Å². The summed E-state index contributed by atoms with van der Waals surface area (Å²) in [4.78, 5) is 17.3. The zero-order valence-corrected chi connectivity index (χ0v) is 12.7. The van der Waals surface area contributed by atoms with Crippen molar-refractivity contribution in [3.8, 4) is 0 Å². The minimum atomic E-state index is -0.293. The van der Waals surface area contributed by atoms with E-state index < -0.39 is 0 Å². The molecule has 1 aromatic rings. The maximum absolute atomic E-state index is 12.0. The monoisotopic (exact) mass is 295 g/mol. The lowest BCUT2D eigenvalue weighted by atomic mass is 10.1.